The van der Waals surface area contributed by atoms with Gasteiger partial charge in [-0.1, -0.05) is 25.6 Å². The van der Waals surface area contributed by atoms with Crippen molar-refractivity contribution >= 4 is 27.5 Å². The van der Waals surface area contributed by atoms with Crippen LogP contribution in [0.2, 0.25) is 0 Å². The minimum absolute atomic E-state index is 0.0423. The molecule has 1 atom stereocenters. The largest absolute Gasteiger partial charge is 0.469 e. The molecule has 2 aromatic heterocycles. The summed E-state index contributed by atoms with van der Waals surface area (Å²) < 4.78 is 34.4. The van der Waals surface area contributed by atoms with E-state index in [2.05, 4.69) is 10.2 Å². The van der Waals surface area contributed by atoms with E-state index in [4.69, 9.17) is 8.83 Å². The molecule has 1 unspecified atom stereocenters. The lowest BCUT2D eigenvalue weighted by Gasteiger charge is -2.29. The number of carbonyl (C=O) groups excluding carboxylic acids is 1. The van der Waals surface area contributed by atoms with Crippen LogP contribution >= 0.6 is 11.8 Å². The minimum Gasteiger partial charge on any atom is -0.469 e. The molecule has 8 nitrogen and oxygen atoms in total. The molecule has 1 aliphatic heterocycles. The van der Waals surface area contributed by atoms with Gasteiger partial charge in [-0.05, 0) is 25.3 Å². The van der Waals surface area contributed by atoms with E-state index in [1.165, 1.54) is 0 Å². The molecule has 0 aromatic carbocycles. The van der Waals surface area contributed by atoms with Crippen LogP contribution < -0.4 is 0 Å². The molecule has 0 spiro atoms. The van der Waals surface area contributed by atoms with Crippen LogP contribution in [0.1, 0.15) is 26.0 Å². The molecule has 0 bridgehead atoms. The Bertz CT molecular complexity index is 903. The Morgan fingerprint density at radius 3 is 2.78 bits per heavy atom. The first-order chi connectivity index (χ1) is 12.7. The van der Waals surface area contributed by atoms with E-state index in [1.54, 1.807) is 24.2 Å². The van der Waals surface area contributed by atoms with Gasteiger partial charge in [0.15, 0.2) is 9.84 Å². The van der Waals surface area contributed by atoms with Crippen LogP contribution in [0, 0.1) is 12.8 Å². The van der Waals surface area contributed by atoms with Crippen LogP contribution in [-0.4, -0.2) is 59.3 Å². The maximum Gasteiger partial charge on any atom is 0.277 e. The van der Waals surface area contributed by atoms with Crippen LogP contribution in [0.15, 0.2) is 26.4 Å². The second-order valence-corrected chi connectivity index (χ2v) is 10.2. The zero-order chi connectivity index (χ0) is 19.6. The molecule has 0 aliphatic carbocycles. The van der Waals surface area contributed by atoms with Gasteiger partial charge in [-0.25, -0.2) is 8.42 Å². The predicted molar refractivity (Wildman–Crippen MR) is 101 cm³/mol. The molecule has 1 fully saturated rings. The molecule has 10 heteroatoms. The van der Waals surface area contributed by atoms with Crippen molar-refractivity contribution in [2.24, 2.45) is 5.92 Å². The molecule has 1 saturated heterocycles. The van der Waals surface area contributed by atoms with E-state index in [9.17, 15) is 13.2 Å². The number of aromatic nitrogens is 2. The molecule has 3 heterocycles. The number of amides is 1. The van der Waals surface area contributed by atoms with Gasteiger partial charge in [0.1, 0.15) is 5.76 Å². The van der Waals surface area contributed by atoms with E-state index in [0.717, 1.165) is 17.3 Å². The van der Waals surface area contributed by atoms with Gasteiger partial charge in [0.25, 0.3) is 11.1 Å². The third-order valence-corrected chi connectivity index (χ3v) is 6.90. The number of rotatable bonds is 7. The zero-order valence-corrected chi connectivity index (χ0v) is 17.2. The monoisotopic (exact) mass is 413 g/mol. The van der Waals surface area contributed by atoms with Crippen LogP contribution in [0.5, 0.6) is 0 Å². The lowest BCUT2D eigenvalue weighted by Crippen LogP contribution is -2.44. The smallest absolute Gasteiger partial charge is 0.277 e. The van der Waals surface area contributed by atoms with E-state index in [0.29, 0.717) is 29.8 Å². The molecule has 2 aromatic rings. The Morgan fingerprint density at radius 1 is 1.41 bits per heavy atom. The van der Waals surface area contributed by atoms with Crippen molar-refractivity contribution in [3.63, 3.8) is 0 Å². The topological polar surface area (TPSA) is 107 Å². The highest BCUT2D eigenvalue weighted by atomic mass is 32.2. The normalized spacial score (nSPS) is 18.9. The fourth-order valence-electron chi connectivity index (χ4n) is 3.06. The van der Waals surface area contributed by atoms with Crippen molar-refractivity contribution in [3.05, 3.63) is 18.1 Å². The van der Waals surface area contributed by atoms with Gasteiger partial charge in [-0.3, -0.25) is 4.79 Å². The Hall–Kier alpha value is -1.81. The van der Waals surface area contributed by atoms with E-state index in [1.807, 2.05) is 13.8 Å². The van der Waals surface area contributed by atoms with Crippen molar-refractivity contribution in [2.75, 3.05) is 23.8 Å². The van der Waals surface area contributed by atoms with E-state index >= 15 is 0 Å². The van der Waals surface area contributed by atoms with Gasteiger partial charge < -0.3 is 13.7 Å². The summed E-state index contributed by atoms with van der Waals surface area (Å²) in [5.74, 6) is 1.46. The Kier molecular flexibility index (Phi) is 5.95. The van der Waals surface area contributed by atoms with Crippen molar-refractivity contribution in [1.82, 2.24) is 15.1 Å². The number of furan rings is 1. The molecule has 0 saturated carbocycles. The van der Waals surface area contributed by atoms with Crippen molar-refractivity contribution < 1.29 is 22.0 Å². The van der Waals surface area contributed by atoms with Crippen LogP contribution in [0.3, 0.4) is 0 Å². The number of hydrogen-bond donors (Lipinski definition) is 0. The highest BCUT2D eigenvalue weighted by molar-refractivity contribution is 7.99. The summed E-state index contributed by atoms with van der Waals surface area (Å²) in [6, 6.07) is 1.49. The minimum atomic E-state index is -3.05. The average molecular weight is 414 g/mol. The third-order valence-electron chi connectivity index (χ3n) is 4.35. The fourth-order valence-corrected chi connectivity index (χ4v) is 5.44. The summed E-state index contributed by atoms with van der Waals surface area (Å²) >= 11 is 1.16. The molecule has 1 aliphatic rings. The third kappa shape index (κ3) is 4.92. The summed E-state index contributed by atoms with van der Waals surface area (Å²) in [7, 11) is -3.05. The first kappa shape index (κ1) is 19.9. The molecule has 27 heavy (non-hydrogen) atoms. The molecule has 0 radical (unpaired) electrons. The quantitative estimate of drug-likeness (QED) is 0.637. The van der Waals surface area contributed by atoms with Crippen LogP contribution in [-0.2, 0) is 14.6 Å². The molecular weight excluding hydrogens is 390 g/mol. The molecular formula is C17H23N3O5S2. The maximum atomic E-state index is 12.7. The highest BCUT2D eigenvalue weighted by Gasteiger charge is 2.34. The van der Waals surface area contributed by atoms with Crippen molar-refractivity contribution in [2.45, 2.75) is 38.5 Å². The Labute approximate surface area is 162 Å². The standard InChI is InChI=1S/C17H23N3O5S2/c1-11(2)8-20(13-5-7-27(22,23)10-13)15(21)9-26-17-19-18-16(25-17)14-4-6-24-12(14)3/h4,6,11,13H,5,7-10H2,1-3H3. The summed E-state index contributed by atoms with van der Waals surface area (Å²) in [6.07, 6.45) is 2.04. The molecule has 3 rings (SSSR count). The second kappa shape index (κ2) is 8.05. The second-order valence-electron chi connectivity index (χ2n) is 7.05. The van der Waals surface area contributed by atoms with Gasteiger partial charge in [-0.2, -0.15) is 0 Å². The Morgan fingerprint density at radius 2 is 2.19 bits per heavy atom. The van der Waals surface area contributed by atoms with Crippen molar-refractivity contribution in [1.29, 1.82) is 0 Å². The summed E-state index contributed by atoms with van der Waals surface area (Å²) in [5, 5.41) is 8.24. The lowest BCUT2D eigenvalue weighted by molar-refractivity contribution is -0.130. The number of hydrogen-bond acceptors (Lipinski definition) is 8. The number of nitrogens with zero attached hydrogens (tertiary/aromatic N) is 3. The van der Waals surface area contributed by atoms with Gasteiger partial charge in [0.2, 0.25) is 5.91 Å². The number of sulfone groups is 1. The van der Waals surface area contributed by atoms with Crippen LogP contribution in [0.4, 0.5) is 0 Å². The SMILES string of the molecule is Cc1occc1-c1nnc(SCC(=O)N(CC(C)C)C2CCS(=O)(=O)C2)o1. The predicted octanol–water partition coefficient (Wildman–Crippen LogP) is 2.40. The van der Waals surface area contributed by atoms with E-state index in [-0.39, 0.29) is 35.1 Å². The summed E-state index contributed by atoms with van der Waals surface area (Å²) in [5.41, 5.74) is 0.721. The van der Waals surface area contributed by atoms with E-state index < -0.39 is 9.84 Å². The highest BCUT2D eigenvalue weighted by Crippen LogP contribution is 2.27. The van der Waals surface area contributed by atoms with Gasteiger partial charge in [0.05, 0.1) is 29.1 Å². The molecule has 148 valence electrons. The number of thioether (sulfide) groups is 1. The molecule has 1 amide bonds. The Balaban J connectivity index is 1.64. The number of carbonyl (C=O) groups is 1. The maximum absolute atomic E-state index is 12.7. The lowest BCUT2D eigenvalue weighted by atomic mass is 10.1. The first-order valence-corrected chi connectivity index (χ1v) is 11.6. The first-order valence-electron chi connectivity index (χ1n) is 8.76. The van der Waals surface area contributed by atoms with Gasteiger partial charge in [0, 0.05) is 12.6 Å². The van der Waals surface area contributed by atoms with Crippen molar-refractivity contribution in [3.8, 4) is 11.5 Å². The van der Waals surface area contributed by atoms with Crippen LogP contribution in [0.25, 0.3) is 11.5 Å². The fraction of sp³-hybridized carbons (Fsp3) is 0.588. The van der Waals surface area contributed by atoms with Gasteiger partial charge in [-0.15, -0.1) is 10.2 Å². The van der Waals surface area contributed by atoms with Gasteiger partial charge >= 0.3 is 0 Å². The zero-order valence-electron chi connectivity index (χ0n) is 15.5. The average Bonchev–Trinajstić information content (AvgIpc) is 3.30. The molecule has 0 N–H and O–H groups in total. The summed E-state index contributed by atoms with van der Waals surface area (Å²) in [6.45, 7) is 6.35. The number of aryl methyl sites for hydroxylation is 1. The summed E-state index contributed by atoms with van der Waals surface area (Å²) in [4.78, 5) is 14.4.